The van der Waals surface area contributed by atoms with Crippen molar-refractivity contribution in [1.29, 1.82) is 0 Å². The number of methoxy groups -OCH3 is 1. The van der Waals surface area contributed by atoms with Gasteiger partial charge in [-0.25, -0.2) is 4.98 Å². The van der Waals surface area contributed by atoms with Gasteiger partial charge in [-0.2, -0.15) is 0 Å². The Morgan fingerprint density at radius 1 is 1.33 bits per heavy atom. The molecule has 0 saturated carbocycles. The number of benzene rings is 1. The molecule has 0 saturated heterocycles. The van der Waals surface area contributed by atoms with Gasteiger partial charge in [0.25, 0.3) is 0 Å². The van der Waals surface area contributed by atoms with Crippen molar-refractivity contribution in [3.05, 3.63) is 64.9 Å². The maximum absolute atomic E-state index is 11.9. The molecule has 2 aliphatic carbocycles. The molecule has 1 heterocycles. The summed E-state index contributed by atoms with van der Waals surface area (Å²) < 4.78 is 16.8. The average molecular weight is 408 g/mol. The molecule has 0 radical (unpaired) electrons. The van der Waals surface area contributed by atoms with E-state index in [-0.39, 0.29) is 17.8 Å². The largest absolute Gasteiger partial charge is 0.493 e. The van der Waals surface area contributed by atoms with Crippen LogP contribution in [0, 0.1) is 12.8 Å². The van der Waals surface area contributed by atoms with Crippen LogP contribution in [-0.2, 0) is 22.4 Å². The first-order valence-electron chi connectivity index (χ1n) is 10.7. The molecule has 5 heteroatoms. The second kappa shape index (κ2) is 8.90. The molecular formula is C25H29NO4. The number of hydrogen-bond acceptors (Lipinski definition) is 5. The fourth-order valence-electron chi connectivity index (χ4n) is 4.41. The van der Waals surface area contributed by atoms with E-state index in [0.29, 0.717) is 18.9 Å². The Balaban J connectivity index is 1.37. The normalized spacial score (nSPS) is 18.6. The predicted octanol–water partition coefficient (Wildman–Crippen LogP) is 5.18. The number of esters is 1. The van der Waals surface area contributed by atoms with Crippen LogP contribution in [0.15, 0.2) is 40.8 Å². The number of nitrogens with zero attached hydrogens (tertiary/aromatic N) is 1. The summed E-state index contributed by atoms with van der Waals surface area (Å²) in [5, 5.41) is 0. The molecule has 0 N–H and O–H groups in total. The quantitative estimate of drug-likeness (QED) is 0.592. The first kappa shape index (κ1) is 20.5. The summed E-state index contributed by atoms with van der Waals surface area (Å²) in [5.74, 6) is 2.36. The summed E-state index contributed by atoms with van der Waals surface area (Å²) >= 11 is 0. The Morgan fingerprint density at radius 2 is 2.20 bits per heavy atom. The van der Waals surface area contributed by atoms with Crippen LogP contribution in [0.4, 0.5) is 0 Å². The van der Waals surface area contributed by atoms with Gasteiger partial charge in [-0.05, 0) is 61.8 Å². The molecular weight excluding hydrogens is 378 g/mol. The number of oxazole rings is 1. The van der Waals surface area contributed by atoms with Gasteiger partial charge in [0.15, 0.2) is 0 Å². The number of ether oxygens (including phenoxy) is 2. The second-order valence-corrected chi connectivity index (χ2v) is 8.08. The van der Waals surface area contributed by atoms with E-state index in [1.165, 1.54) is 18.2 Å². The molecule has 0 aliphatic heterocycles. The van der Waals surface area contributed by atoms with Crippen molar-refractivity contribution in [2.24, 2.45) is 5.92 Å². The van der Waals surface area contributed by atoms with Crippen LogP contribution in [0.25, 0.3) is 5.57 Å². The van der Waals surface area contributed by atoms with Crippen LogP contribution in [0.3, 0.4) is 0 Å². The molecule has 158 valence electrons. The van der Waals surface area contributed by atoms with Gasteiger partial charge >= 0.3 is 5.97 Å². The van der Waals surface area contributed by atoms with Gasteiger partial charge in [0.05, 0.1) is 25.3 Å². The van der Waals surface area contributed by atoms with Crippen LogP contribution in [-0.4, -0.2) is 24.7 Å². The van der Waals surface area contributed by atoms with E-state index in [1.807, 2.05) is 19.9 Å². The number of allylic oxidation sites excluding steroid dienone is 4. The molecule has 1 aromatic heterocycles. The third-order valence-corrected chi connectivity index (χ3v) is 6.16. The third-order valence-electron chi connectivity index (χ3n) is 6.16. The van der Waals surface area contributed by atoms with Gasteiger partial charge in [0, 0.05) is 12.0 Å². The van der Waals surface area contributed by atoms with Crippen LogP contribution in [0.5, 0.6) is 5.75 Å². The van der Waals surface area contributed by atoms with Crippen molar-refractivity contribution in [3.8, 4) is 5.75 Å². The summed E-state index contributed by atoms with van der Waals surface area (Å²) in [6.07, 6.45) is 11.1. The lowest BCUT2D eigenvalue weighted by Gasteiger charge is -2.18. The summed E-state index contributed by atoms with van der Waals surface area (Å²) in [4.78, 5) is 16.6. The number of aromatic nitrogens is 1. The topological polar surface area (TPSA) is 61.6 Å². The number of hydrogen-bond donors (Lipinski definition) is 0. The lowest BCUT2D eigenvalue weighted by Crippen LogP contribution is -2.19. The number of aryl methyl sites for hydroxylation is 2. The van der Waals surface area contributed by atoms with Crippen molar-refractivity contribution in [2.45, 2.75) is 51.9 Å². The van der Waals surface area contributed by atoms with Gasteiger partial charge < -0.3 is 13.9 Å². The zero-order chi connectivity index (χ0) is 21.1. The van der Waals surface area contributed by atoms with E-state index in [4.69, 9.17) is 13.9 Å². The van der Waals surface area contributed by atoms with E-state index < -0.39 is 0 Å². The molecule has 0 unspecified atom stereocenters. The number of carbonyl (C=O) groups is 1. The zero-order valence-electron chi connectivity index (χ0n) is 17.9. The lowest BCUT2D eigenvalue weighted by molar-refractivity contribution is -0.145. The fourth-order valence-corrected chi connectivity index (χ4v) is 4.41. The summed E-state index contributed by atoms with van der Waals surface area (Å²) in [6, 6.07) is 6.21. The van der Waals surface area contributed by atoms with E-state index in [9.17, 15) is 4.79 Å². The maximum atomic E-state index is 11.9. The van der Waals surface area contributed by atoms with E-state index in [2.05, 4.69) is 35.3 Å². The highest BCUT2D eigenvalue weighted by Gasteiger charge is 2.32. The molecule has 30 heavy (non-hydrogen) atoms. The highest BCUT2D eigenvalue weighted by atomic mass is 16.5. The van der Waals surface area contributed by atoms with Gasteiger partial charge in [0.2, 0.25) is 5.89 Å². The van der Waals surface area contributed by atoms with Gasteiger partial charge in [-0.1, -0.05) is 31.2 Å². The first-order valence-corrected chi connectivity index (χ1v) is 10.7. The summed E-state index contributed by atoms with van der Waals surface area (Å²) in [7, 11) is 1.45. The molecule has 0 amide bonds. The minimum absolute atomic E-state index is 0.124. The molecule has 2 aromatic rings. The van der Waals surface area contributed by atoms with Crippen LogP contribution < -0.4 is 4.74 Å². The minimum atomic E-state index is -0.144. The minimum Gasteiger partial charge on any atom is -0.493 e. The zero-order valence-corrected chi connectivity index (χ0v) is 17.9. The standard InChI is InChI=1S/C25H29NO4/c1-16(25(27)28-3)21-11-9-19-15-20(10-12-22(19)21)29-14-13-23-17(2)30-24(26-23)18-7-5-4-6-8-18/h5,7-8,10,12,15-16,21H,4,6,9,11,13-14H2,1-3H3/t16-,21-/m1/s1. The molecule has 1 aromatic carbocycles. The van der Waals surface area contributed by atoms with Gasteiger partial charge in [0.1, 0.15) is 11.5 Å². The van der Waals surface area contributed by atoms with Gasteiger partial charge in [-0.15, -0.1) is 0 Å². The smallest absolute Gasteiger partial charge is 0.308 e. The number of fused-ring (bicyclic) bond motifs is 1. The Bertz CT molecular complexity index is 985. The molecule has 2 aliphatic rings. The second-order valence-electron chi connectivity index (χ2n) is 8.08. The molecule has 0 spiro atoms. The van der Waals surface area contributed by atoms with Crippen LogP contribution in [0.2, 0.25) is 0 Å². The SMILES string of the molecule is COC(=O)[C@H](C)[C@H]1CCc2cc(OCCc3nc(C4=CCCC=C4)oc3C)ccc21. The predicted molar refractivity (Wildman–Crippen MR) is 115 cm³/mol. The van der Waals surface area contributed by atoms with E-state index in [1.54, 1.807) is 0 Å². The van der Waals surface area contributed by atoms with Gasteiger partial charge in [-0.3, -0.25) is 4.79 Å². The van der Waals surface area contributed by atoms with Crippen LogP contribution in [0.1, 0.15) is 60.6 Å². The maximum Gasteiger partial charge on any atom is 0.308 e. The third kappa shape index (κ3) is 4.20. The Labute approximate surface area is 177 Å². The van der Waals surface area contributed by atoms with Crippen molar-refractivity contribution in [2.75, 3.05) is 13.7 Å². The molecule has 2 atom stereocenters. The van der Waals surface area contributed by atoms with E-state index in [0.717, 1.165) is 48.5 Å². The first-order chi connectivity index (χ1) is 14.6. The average Bonchev–Trinajstić information content (AvgIpc) is 3.36. The number of carbonyl (C=O) groups excluding carboxylic acids is 1. The van der Waals surface area contributed by atoms with Crippen molar-refractivity contribution in [1.82, 2.24) is 4.98 Å². The summed E-state index contributed by atoms with van der Waals surface area (Å²) in [5.41, 5.74) is 4.51. The molecule has 5 nitrogen and oxygen atoms in total. The van der Waals surface area contributed by atoms with E-state index >= 15 is 0 Å². The Morgan fingerprint density at radius 3 is 2.97 bits per heavy atom. The molecule has 0 bridgehead atoms. The van der Waals surface area contributed by atoms with Crippen molar-refractivity contribution < 1.29 is 18.7 Å². The molecule has 0 fully saturated rings. The molecule has 4 rings (SSSR count). The Hall–Kier alpha value is -2.82. The van der Waals surface area contributed by atoms with Crippen molar-refractivity contribution >= 4 is 11.5 Å². The van der Waals surface area contributed by atoms with Crippen LogP contribution >= 0.6 is 0 Å². The summed E-state index contributed by atoms with van der Waals surface area (Å²) in [6.45, 7) is 4.45. The lowest BCUT2D eigenvalue weighted by atomic mass is 9.89. The highest BCUT2D eigenvalue weighted by Crippen LogP contribution is 2.40. The Kier molecular flexibility index (Phi) is 6.07. The fraction of sp³-hybridized carbons (Fsp3) is 0.440. The monoisotopic (exact) mass is 407 g/mol. The highest BCUT2D eigenvalue weighted by molar-refractivity contribution is 5.73. The van der Waals surface area contributed by atoms with Crippen molar-refractivity contribution in [3.63, 3.8) is 0 Å². The number of rotatable bonds is 7.